The Morgan fingerprint density at radius 3 is 2.68 bits per heavy atom. The zero-order chi connectivity index (χ0) is 15.4. The highest BCUT2D eigenvalue weighted by Gasteiger charge is 2.24. The van der Waals surface area contributed by atoms with Gasteiger partial charge in [-0.25, -0.2) is 0 Å². The number of likely N-dealkylation sites (tertiary alicyclic amines) is 1. The van der Waals surface area contributed by atoms with E-state index in [1.54, 1.807) is 0 Å². The fourth-order valence-electron chi connectivity index (χ4n) is 3.20. The number of aliphatic carboxylic acids is 1. The summed E-state index contributed by atoms with van der Waals surface area (Å²) in [6.07, 6.45) is 4.78. The number of benzene rings is 1. The Morgan fingerprint density at radius 2 is 2.00 bits per heavy atom. The molecule has 2 N–H and O–H groups in total. The Balaban J connectivity index is 1.64. The molecule has 1 fully saturated rings. The van der Waals surface area contributed by atoms with Crippen LogP contribution in [0.4, 0.5) is 0 Å². The maximum absolute atomic E-state index is 10.8. The van der Waals surface area contributed by atoms with Crippen LogP contribution in [0.3, 0.4) is 0 Å². The Hall–Kier alpha value is -2.14. The maximum Gasteiger partial charge on any atom is 0.317 e. The number of nitrogens with zero attached hydrogens (tertiary/aromatic N) is 2. The van der Waals surface area contributed by atoms with E-state index in [1.807, 2.05) is 17.2 Å². The standard InChI is InChI=1S/C17H21N3O2/c21-16(22)12-20-8-6-14(7-9-20)17-15(11-18-19-17)10-13-4-2-1-3-5-13/h1-5,11,14H,6-10,12H2,(H,18,19)(H,21,22). The molecule has 1 aliphatic rings. The van der Waals surface area contributed by atoms with Gasteiger partial charge in [0.2, 0.25) is 0 Å². The molecule has 22 heavy (non-hydrogen) atoms. The molecule has 1 saturated heterocycles. The van der Waals surface area contributed by atoms with Crippen LogP contribution in [0.2, 0.25) is 0 Å². The minimum atomic E-state index is -0.746. The minimum Gasteiger partial charge on any atom is -0.480 e. The largest absolute Gasteiger partial charge is 0.480 e. The van der Waals surface area contributed by atoms with E-state index in [0.29, 0.717) is 5.92 Å². The van der Waals surface area contributed by atoms with Crippen LogP contribution in [0, 0.1) is 0 Å². The first-order valence-corrected chi connectivity index (χ1v) is 7.72. The highest BCUT2D eigenvalue weighted by molar-refractivity contribution is 5.69. The van der Waals surface area contributed by atoms with Crippen molar-refractivity contribution in [2.24, 2.45) is 0 Å². The van der Waals surface area contributed by atoms with Gasteiger partial charge in [-0.3, -0.25) is 14.8 Å². The number of hydrogen-bond donors (Lipinski definition) is 2. The summed E-state index contributed by atoms with van der Waals surface area (Å²) in [5.41, 5.74) is 3.76. The summed E-state index contributed by atoms with van der Waals surface area (Å²) in [4.78, 5) is 12.8. The smallest absolute Gasteiger partial charge is 0.317 e. The predicted molar refractivity (Wildman–Crippen MR) is 83.9 cm³/mol. The number of H-pyrrole nitrogens is 1. The van der Waals surface area contributed by atoms with Crippen molar-refractivity contribution in [3.63, 3.8) is 0 Å². The normalized spacial score (nSPS) is 16.7. The topological polar surface area (TPSA) is 69.2 Å². The Kier molecular flexibility index (Phi) is 4.53. The monoisotopic (exact) mass is 299 g/mol. The van der Waals surface area contributed by atoms with Gasteiger partial charge in [-0.1, -0.05) is 30.3 Å². The van der Waals surface area contributed by atoms with Crippen LogP contribution in [0.5, 0.6) is 0 Å². The molecule has 5 heteroatoms. The quantitative estimate of drug-likeness (QED) is 0.888. The second-order valence-corrected chi connectivity index (χ2v) is 5.92. The van der Waals surface area contributed by atoms with E-state index in [9.17, 15) is 4.79 Å². The average Bonchev–Trinajstić information content (AvgIpc) is 2.97. The van der Waals surface area contributed by atoms with Crippen molar-refractivity contribution in [2.45, 2.75) is 25.2 Å². The van der Waals surface area contributed by atoms with E-state index in [4.69, 9.17) is 5.11 Å². The fraction of sp³-hybridized carbons (Fsp3) is 0.412. The van der Waals surface area contributed by atoms with Gasteiger partial charge in [0.05, 0.1) is 12.7 Å². The molecule has 0 amide bonds. The lowest BCUT2D eigenvalue weighted by molar-refractivity contribution is -0.138. The van der Waals surface area contributed by atoms with Gasteiger partial charge in [0, 0.05) is 18.0 Å². The molecule has 0 radical (unpaired) electrons. The number of rotatable bonds is 5. The van der Waals surface area contributed by atoms with Gasteiger partial charge in [-0.2, -0.15) is 5.10 Å². The third-order valence-corrected chi connectivity index (χ3v) is 4.34. The summed E-state index contributed by atoms with van der Waals surface area (Å²) in [7, 11) is 0. The van der Waals surface area contributed by atoms with Crippen molar-refractivity contribution in [1.29, 1.82) is 0 Å². The van der Waals surface area contributed by atoms with Gasteiger partial charge in [-0.05, 0) is 37.1 Å². The molecule has 2 aromatic rings. The number of aromatic nitrogens is 2. The molecule has 2 heterocycles. The van der Waals surface area contributed by atoms with E-state index >= 15 is 0 Å². The minimum absolute atomic E-state index is 0.145. The van der Waals surface area contributed by atoms with Crippen molar-refractivity contribution >= 4 is 5.97 Å². The Morgan fingerprint density at radius 1 is 1.27 bits per heavy atom. The number of carbonyl (C=O) groups is 1. The summed E-state index contributed by atoms with van der Waals surface area (Å²) < 4.78 is 0. The number of nitrogens with one attached hydrogen (secondary N) is 1. The Labute approximate surface area is 130 Å². The highest BCUT2D eigenvalue weighted by Crippen LogP contribution is 2.29. The van der Waals surface area contributed by atoms with E-state index in [0.717, 1.165) is 32.4 Å². The Bertz CT molecular complexity index is 616. The molecule has 5 nitrogen and oxygen atoms in total. The molecule has 1 aliphatic heterocycles. The third kappa shape index (κ3) is 3.54. The zero-order valence-corrected chi connectivity index (χ0v) is 12.5. The van der Waals surface area contributed by atoms with Crippen LogP contribution < -0.4 is 0 Å². The van der Waals surface area contributed by atoms with E-state index < -0.39 is 5.97 Å². The first-order valence-electron chi connectivity index (χ1n) is 7.72. The fourth-order valence-corrected chi connectivity index (χ4v) is 3.20. The molecular formula is C17H21N3O2. The number of hydrogen-bond acceptors (Lipinski definition) is 3. The lowest BCUT2D eigenvalue weighted by Gasteiger charge is -2.30. The first-order chi connectivity index (χ1) is 10.7. The zero-order valence-electron chi connectivity index (χ0n) is 12.5. The molecule has 0 bridgehead atoms. The van der Waals surface area contributed by atoms with Crippen molar-refractivity contribution < 1.29 is 9.90 Å². The van der Waals surface area contributed by atoms with E-state index in [2.05, 4.69) is 34.5 Å². The van der Waals surface area contributed by atoms with Crippen LogP contribution in [0.25, 0.3) is 0 Å². The summed E-state index contributed by atoms with van der Waals surface area (Å²) in [5.74, 6) is -0.295. The van der Waals surface area contributed by atoms with Crippen molar-refractivity contribution in [3.8, 4) is 0 Å². The van der Waals surface area contributed by atoms with Crippen LogP contribution in [0.15, 0.2) is 36.5 Å². The predicted octanol–water partition coefficient (Wildman–Crippen LogP) is 2.26. The van der Waals surface area contributed by atoms with E-state index in [-0.39, 0.29) is 6.54 Å². The molecule has 1 aromatic carbocycles. The van der Waals surface area contributed by atoms with Crippen LogP contribution in [0.1, 0.15) is 35.6 Å². The van der Waals surface area contributed by atoms with Crippen molar-refractivity contribution in [1.82, 2.24) is 15.1 Å². The van der Waals surface area contributed by atoms with Gasteiger partial charge in [0.1, 0.15) is 0 Å². The lowest BCUT2D eigenvalue weighted by Crippen LogP contribution is -2.36. The van der Waals surface area contributed by atoms with Crippen LogP contribution >= 0.6 is 0 Å². The van der Waals surface area contributed by atoms with Crippen molar-refractivity contribution in [2.75, 3.05) is 19.6 Å². The van der Waals surface area contributed by atoms with Crippen LogP contribution in [-0.4, -0.2) is 45.8 Å². The molecule has 0 atom stereocenters. The lowest BCUT2D eigenvalue weighted by atomic mass is 9.90. The van der Waals surface area contributed by atoms with Gasteiger partial charge >= 0.3 is 5.97 Å². The molecule has 1 aromatic heterocycles. The van der Waals surface area contributed by atoms with Gasteiger partial charge in [-0.15, -0.1) is 0 Å². The number of carboxylic acids is 1. The molecular weight excluding hydrogens is 278 g/mol. The molecule has 3 rings (SSSR count). The number of piperidine rings is 1. The highest BCUT2D eigenvalue weighted by atomic mass is 16.4. The summed E-state index contributed by atoms with van der Waals surface area (Å²) in [6.45, 7) is 1.81. The average molecular weight is 299 g/mol. The van der Waals surface area contributed by atoms with Gasteiger partial charge in [0.25, 0.3) is 0 Å². The first kappa shape index (κ1) is 14.8. The molecule has 116 valence electrons. The maximum atomic E-state index is 10.8. The van der Waals surface area contributed by atoms with Gasteiger partial charge in [0.15, 0.2) is 0 Å². The summed E-state index contributed by atoms with van der Waals surface area (Å²) in [6, 6.07) is 10.4. The second kappa shape index (κ2) is 6.75. The third-order valence-electron chi connectivity index (χ3n) is 4.34. The van der Waals surface area contributed by atoms with E-state index in [1.165, 1.54) is 16.8 Å². The van der Waals surface area contributed by atoms with Crippen molar-refractivity contribution in [3.05, 3.63) is 53.3 Å². The number of carboxylic acid groups (broad SMARTS) is 1. The molecule has 0 saturated carbocycles. The number of aromatic amines is 1. The second-order valence-electron chi connectivity index (χ2n) is 5.92. The molecule has 0 unspecified atom stereocenters. The molecule has 0 spiro atoms. The summed E-state index contributed by atoms with van der Waals surface area (Å²) >= 11 is 0. The molecule has 0 aliphatic carbocycles. The summed E-state index contributed by atoms with van der Waals surface area (Å²) in [5, 5.41) is 16.3. The SMILES string of the molecule is O=C(O)CN1CCC(c2[nH]ncc2Cc2ccccc2)CC1. The van der Waals surface area contributed by atoms with Gasteiger partial charge < -0.3 is 5.11 Å². The van der Waals surface area contributed by atoms with Crippen LogP contribution in [-0.2, 0) is 11.2 Å².